The summed E-state index contributed by atoms with van der Waals surface area (Å²) in [6.07, 6.45) is 0.123. The molecule has 0 atom stereocenters. The largest absolute Gasteiger partial charge is 0.491 e. The molecule has 7 nitrogen and oxygen atoms in total. The lowest BCUT2D eigenvalue weighted by atomic mass is 9.79. The average molecular weight is 353 g/mol. The topological polar surface area (TPSA) is 96.6 Å². The van der Waals surface area contributed by atoms with Gasteiger partial charge in [0.15, 0.2) is 0 Å². The Morgan fingerprint density at radius 2 is 2.19 bits per heavy atom. The molecule has 0 bridgehead atoms. The summed E-state index contributed by atoms with van der Waals surface area (Å²) in [5.41, 5.74) is 2.88. The maximum atomic E-state index is 9.68. The maximum absolute atomic E-state index is 9.68. The third-order valence-corrected chi connectivity index (χ3v) is 3.83. The van der Waals surface area contributed by atoms with E-state index >= 15 is 0 Å². The number of benzene rings is 1. The third-order valence-electron chi connectivity index (χ3n) is 3.83. The number of anilines is 2. The molecular formula is C18H20BN3O4. The number of fused-ring (bicyclic) bond motifs is 1. The van der Waals surface area contributed by atoms with Crippen LogP contribution in [-0.2, 0) is 16.0 Å². The first-order chi connectivity index (χ1) is 12.6. The van der Waals surface area contributed by atoms with Crippen LogP contribution in [0.1, 0.15) is 25.0 Å². The van der Waals surface area contributed by atoms with E-state index in [0.717, 1.165) is 16.7 Å². The van der Waals surface area contributed by atoms with Crippen LogP contribution in [0.4, 0.5) is 11.5 Å². The molecule has 2 N–H and O–H groups in total. The predicted molar refractivity (Wildman–Crippen MR) is 97.7 cm³/mol. The molecule has 1 aliphatic heterocycles. The van der Waals surface area contributed by atoms with E-state index in [-0.39, 0.29) is 12.0 Å². The summed E-state index contributed by atoms with van der Waals surface area (Å²) in [6, 6.07) is 11.0. The average Bonchev–Trinajstić information content (AvgIpc) is 2.99. The van der Waals surface area contributed by atoms with Gasteiger partial charge in [-0.25, -0.2) is 0 Å². The fourth-order valence-corrected chi connectivity index (χ4v) is 2.58. The van der Waals surface area contributed by atoms with E-state index in [1.54, 1.807) is 12.1 Å². The van der Waals surface area contributed by atoms with Crippen LogP contribution >= 0.6 is 0 Å². The third kappa shape index (κ3) is 4.32. The van der Waals surface area contributed by atoms with Crippen LogP contribution in [0.5, 0.6) is 5.88 Å². The van der Waals surface area contributed by atoms with E-state index in [1.807, 2.05) is 32.0 Å². The molecule has 0 amide bonds. The van der Waals surface area contributed by atoms with Crippen molar-refractivity contribution in [2.24, 2.45) is 0 Å². The molecule has 0 aliphatic carbocycles. The molecule has 2 aromatic rings. The fourth-order valence-electron chi connectivity index (χ4n) is 2.58. The van der Waals surface area contributed by atoms with Crippen molar-refractivity contribution in [1.82, 2.24) is 4.98 Å². The second-order valence-corrected chi connectivity index (χ2v) is 6.13. The van der Waals surface area contributed by atoms with E-state index in [9.17, 15) is 10.3 Å². The standard InChI is InChI=1S/C18H20BN3O4/c1-12(2)24-7-8-25-18-13(10-20)3-6-17(22-18)21-15-4-5-16-14(9-15)11-26-19(16)23/h3-6,9,12,23H,7-8,11H2,1-2H3,(H,21,22). The molecule has 1 aliphatic rings. The fraction of sp³-hybridized carbons (Fsp3) is 0.333. The Hall–Kier alpha value is -2.60. The first-order valence-corrected chi connectivity index (χ1v) is 8.42. The molecule has 3 rings (SSSR count). The first kappa shape index (κ1) is 18.2. The van der Waals surface area contributed by atoms with E-state index in [4.69, 9.17) is 14.1 Å². The lowest BCUT2D eigenvalue weighted by Gasteiger charge is -2.12. The molecule has 8 heteroatoms. The summed E-state index contributed by atoms with van der Waals surface area (Å²) in [6.45, 7) is 5.01. The number of rotatable bonds is 7. The van der Waals surface area contributed by atoms with Crippen LogP contribution < -0.4 is 15.5 Å². The lowest BCUT2D eigenvalue weighted by Crippen LogP contribution is -2.27. The van der Waals surface area contributed by atoms with Gasteiger partial charge in [-0.3, -0.25) is 0 Å². The number of nitrogens with zero attached hydrogens (tertiary/aromatic N) is 2. The smallest absolute Gasteiger partial charge is 0.474 e. The molecule has 134 valence electrons. The molecular weight excluding hydrogens is 333 g/mol. The van der Waals surface area contributed by atoms with Crippen molar-refractivity contribution in [2.45, 2.75) is 26.6 Å². The van der Waals surface area contributed by atoms with Gasteiger partial charge in [-0.2, -0.15) is 10.2 Å². The summed E-state index contributed by atoms with van der Waals surface area (Å²) in [5, 5.41) is 22.1. The molecule has 0 saturated heterocycles. The number of hydrogen-bond donors (Lipinski definition) is 2. The Labute approximate surface area is 152 Å². The van der Waals surface area contributed by atoms with Gasteiger partial charge in [0.1, 0.15) is 24.1 Å². The van der Waals surface area contributed by atoms with Crippen LogP contribution in [-0.4, -0.2) is 36.4 Å². The molecule has 0 unspecified atom stereocenters. The minimum absolute atomic E-state index is 0.123. The van der Waals surface area contributed by atoms with Crippen molar-refractivity contribution in [3.63, 3.8) is 0 Å². The van der Waals surface area contributed by atoms with Gasteiger partial charge in [0.05, 0.1) is 19.3 Å². The number of ether oxygens (including phenoxy) is 2. The van der Waals surface area contributed by atoms with Gasteiger partial charge >= 0.3 is 7.12 Å². The van der Waals surface area contributed by atoms with Crippen molar-refractivity contribution < 1.29 is 19.2 Å². The normalized spacial score (nSPS) is 12.8. The Morgan fingerprint density at radius 1 is 1.35 bits per heavy atom. The highest BCUT2D eigenvalue weighted by Gasteiger charge is 2.27. The molecule has 0 radical (unpaired) electrons. The summed E-state index contributed by atoms with van der Waals surface area (Å²) < 4.78 is 16.2. The van der Waals surface area contributed by atoms with E-state index in [0.29, 0.717) is 31.2 Å². The molecule has 1 aromatic heterocycles. The Bertz CT molecular complexity index is 823. The van der Waals surface area contributed by atoms with Gasteiger partial charge in [0, 0.05) is 5.69 Å². The van der Waals surface area contributed by atoms with E-state index in [2.05, 4.69) is 16.4 Å². The van der Waals surface area contributed by atoms with Crippen LogP contribution in [0.2, 0.25) is 0 Å². The van der Waals surface area contributed by atoms with Gasteiger partial charge in [-0.1, -0.05) is 6.07 Å². The van der Waals surface area contributed by atoms with E-state index < -0.39 is 7.12 Å². The zero-order valence-corrected chi connectivity index (χ0v) is 14.7. The minimum atomic E-state index is -0.861. The summed E-state index contributed by atoms with van der Waals surface area (Å²) in [4.78, 5) is 4.37. The Balaban J connectivity index is 1.70. The molecule has 1 aromatic carbocycles. The zero-order valence-electron chi connectivity index (χ0n) is 14.7. The van der Waals surface area contributed by atoms with Gasteiger partial charge in [0.25, 0.3) is 0 Å². The van der Waals surface area contributed by atoms with E-state index in [1.165, 1.54) is 0 Å². The minimum Gasteiger partial charge on any atom is -0.474 e. The van der Waals surface area contributed by atoms with Crippen molar-refractivity contribution in [1.29, 1.82) is 5.26 Å². The summed E-state index contributed by atoms with van der Waals surface area (Å²) in [5.74, 6) is 0.827. The summed E-state index contributed by atoms with van der Waals surface area (Å²) >= 11 is 0. The SMILES string of the molecule is CC(C)OCCOc1nc(Nc2ccc3c(c2)COB3O)ccc1C#N. The van der Waals surface area contributed by atoms with Crippen LogP contribution in [0.3, 0.4) is 0 Å². The second-order valence-electron chi connectivity index (χ2n) is 6.13. The lowest BCUT2D eigenvalue weighted by molar-refractivity contribution is 0.0542. The Morgan fingerprint density at radius 3 is 2.96 bits per heavy atom. The second kappa shape index (κ2) is 8.19. The quantitative estimate of drug-likeness (QED) is 0.578. The van der Waals surface area contributed by atoms with Crippen LogP contribution in [0.25, 0.3) is 0 Å². The molecule has 0 spiro atoms. The molecule has 26 heavy (non-hydrogen) atoms. The van der Waals surface area contributed by atoms with Gasteiger partial charge in [-0.15, -0.1) is 0 Å². The van der Waals surface area contributed by atoms with Crippen molar-refractivity contribution in [3.05, 3.63) is 41.5 Å². The van der Waals surface area contributed by atoms with Gasteiger partial charge < -0.3 is 24.5 Å². The zero-order chi connectivity index (χ0) is 18.5. The van der Waals surface area contributed by atoms with Crippen molar-refractivity contribution >= 4 is 24.1 Å². The number of pyridine rings is 1. The number of nitriles is 1. The molecule has 2 heterocycles. The monoisotopic (exact) mass is 353 g/mol. The van der Waals surface area contributed by atoms with Crippen molar-refractivity contribution in [3.8, 4) is 11.9 Å². The van der Waals surface area contributed by atoms with Crippen LogP contribution in [0.15, 0.2) is 30.3 Å². The number of aromatic nitrogens is 1. The molecule has 0 fully saturated rings. The predicted octanol–water partition coefficient (Wildman–Crippen LogP) is 1.72. The van der Waals surface area contributed by atoms with Gasteiger partial charge in [0.2, 0.25) is 5.88 Å². The highest BCUT2D eigenvalue weighted by molar-refractivity contribution is 6.61. The maximum Gasteiger partial charge on any atom is 0.491 e. The highest BCUT2D eigenvalue weighted by atomic mass is 16.5. The molecule has 0 saturated carbocycles. The first-order valence-electron chi connectivity index (χ1n) is 8.42. The van der Waals surface area contributed by atoms with Gasteiger partial charge in [-0.05, 0) is 49.1 Å². The van der Waals surface area contributed by atoms with Crippen molar-refractivity contribution in [2.75, 3.05) is 18.5 Å². The number of hydrogen-bond acceptors (Lipinski definition) is 7. The number of nitrogens with one attached hydrogen (secondary N) is 1. The Kier molecular flexibility index (Phi) is 5.73. The highest BCUT2D eigenvalue weighted by Crippen LogP contribution is 2.22. The summed E-state index contributed by atoms with van der Waals surface area (Å²) in [7, 11) is -0.861. The van der Waals surface area contributed by atoms with Crippen LogP contribution in [0, 0.1) is 11.3 Å².